The van der Waals surface area contributed by atoms with E-state index in [1.807, 2.05) is 6.92 Å². The van der Waals surface area contributed by atoms with Crippen LogP contribution in [-0.2, 0) is 4.74 Å². The van der Waals surface area contributed by atoms with Gasteiger partial charge in [-0.15, -0.1) is 0 Å². The molecule has 2 amide bonds. The number of piperidine rings is 2. The van der Waals surface area contributed by atoms with Crippen LogP contribution in [0.3, 0.4) is 0 Å². The van der Waals surface area contributed by atoms with E-state index >= 15 is 4.39 Å². The third-order valence-corrected chi connectivity index (χ3v) is 7.50. The topological polar surface area (TPSA) is 133 Å². The average molecular weight is 581 g/mol. The molecule has 222 valence electrons. The van der Waals surface area contributed by atoms with Crippen LogP contribution in [0.5, 0.6) is 5.88 Å². The Kier molecular flexibility index (Phi) is 7.74. The summed E-state index contributed by atoms with van der Waals surface area (Å²) in [4.78, 5) is 40.8. The number of rotatable bonds is 6. The number of ether oxygens (including phenoxy) is 2. The number of nitrogen functional groups attached to an aromatic ring is 1. The van der Waals surface area contributed by atoms with Crippen LogP contribution in [0, 0.1) is 11.6 Å². The summed E-state index contributed by atoms with van der Waals surface area (Å²) in [6.45, 7) is 7.91. The summed E-state index contributed by atoms with van der Waals surface area (Å²) < 4.78 is 41.4. The molecular weight excluding hydrogens is 546 g/mol. The molecule has 0 spiro atoms. The van der Waals surface area contributed by atoms with Crippen LogP contribution in [0.2, 0.25) is 0 Å². The Morgan fingerprint density at radius 1 is 1.12 bits per heavy atom. The number of nitrogens with zero attached hydrogens (tertiary/aromatic N) is 4. The van der Waals surface area contributed by atoms with Crippen molar-refractivity contribution < 1.29 is 27.8 Å². The minimum absolute atomic E-state index is 0.0152. The van der Waals surface area contributed by atoms with Crippen LogP contribution in [0.1, 0.15) is 63.7 Å². The van der Waals surface area contributed by atoms with Gasteiger partial charge in [-0.3, -0.25) is 4.79 Å². The van der Waals surface area contributed by atoms with Crippen LogP contribution in [0.4, 0.5) is 19.4 Å². The average Bonchev–Trinajstić information content (AvgIpc) is 2.95. The normalized spacial score (nSPS) is 19.9. The summed E-state index contributed by atoms with van der Waals surface area (Å²) in [6, 6.07) is 5.71. The first-order chi connectivity index (χ1) is 19.9. The first kappa shape index (κ1) is 29.2. The van der Waals surface area contributed by atoms with E-state index in [1.54, 1.807) is 37.8 Å². The number of carbonyl (C=O) groups excluding carboxylic acids is 2. The minimum Gasteiger partial charge on any atom is -0.478 e. The number of halogens is 2. The van der Waals surface area contributed by atoms with Crippen molar-refractivity contribution in [2.24, 2.45) is 0 Å². The highest BCUT2D eigenvalue weighted by Crippen LogP contribution is 2.39. The van der Waals surface area contributed by atoms with Gasteiger partial charge in [0.25, 0.3) is 5.91 Å². The van der Waals surface area contributed by atoms with Gasteiger partial charge in [-0.05, 0) is 71.6 Å². The van der Waals surface area contributed by atoms with Gasteiger partial charge in [-0.25, -0.2) is 28.5 Å². The molecule has 2 saturated heterocycles. The lowest BCUT2D eigenvalue weighted by Crippen LogP contribution is -2.66. The molecule has 0 atom stereocenters. The number of nitrogens with one attached hydrogen (secondary N) is 1. The van der Waals surface area contributed by atoms with E-state index in [0.29, 0.717) is 43.7 Å². The standard InChI is InChI=1S/C30H34F2N6O4/c1-5-41-23-7-6-17(14-34-23)22-13-20(24(32)25(36-22)18-12-21(31)26(33)35-15-18)27(39)37-30-10-8-19(9-11-30)38(16-30)28(40)42-29(2,3)4/h6-7,12-15,19H,5,8-11,16H2,1-4H3,(H2,33,35)(H,37,39). The molecule has 3 aromatic heterocycles. The predicted molar refractivity (Wildman–Crippen MR) is 152 cm³/mol. The fourth-order valence-electron chi connectivity index (χ4n) is 5.46. The molecule has 3 fully saturated rings. The Morgan fingerprint density at radius 2 is 1.83 bits per heavy atom. The number of hydrogen-bond donors (Lipinski definition) is 2. The molecule has 1 aliphatic carbocycles. The zero-order chi connectivity index (χ0) is 30.2. The van der Waals surface area contributed by atoms with E-state index in [0.717, 1.165) is 6.07 Å². The molecule has 0 aromatic carbocycles. The number of hydrogen-bond acceptors (Lipinski definition) is 8. The summed E-state index contributed by atoms with van der Waals surface area (Å²) in [7, 11) is 0. The monoisotopic (exact) mass is 580 g/mol. The summed E-state index contributed by atoms with van der Waals surface area (Å²) in [5.74, 6) is -2.40. The van der Waals surface area contributed by atoms with Crippen molar-refractivity contribution in [1.82, 2.24) is 25.2 Å². The van der Waals surface area contributed by atoms with E-state index in [1.165, 1.54) is 18.5 Å². The molecule has 6 rings (SSSR count). The van der Waals surface area contributed by atoms with Crippen LogP contribution in [0.15, 0.2) is 36.7 Å². The van der Waals surface area contributed by atoms with Gasteiger partial charge in [0.05, 0.1) is 23.4 Å². The highest BCUT2D eigenvalue weighted by atomic mass is 19.1. The van der Waals surface area contributed by atoms with Crippen LogP contribution in [-0.4, -0.2) is 62.2 Å². The maximum atomic E-state index is 16.1. The van der Waals surface area contributed by atoms with Gasteiger partial charge in [0.2, 0.25) is 5.88 Å². The van der Waals surface area contributed by atoms with Gasteiger partial charge in [-0.2, -0.15) is 0 Å². The second-order valence-electron chi connectivity index (χ2n) is 11.7. The molecule has 3 aliphatic rings. The molecule has 12 heteroatoms. The van der Waals surface area contributed by atoms with Crippen molar-refractivity contribution in [3.63, 3.8) is 0 Å². The van der Waals surface area contributed by atoms with Crippen molar-refractivity contribution in [1.29, 1.82) is 0 Å². The maximum Gasteiger partial charge on any atom is 0.410 e. The molecule has 2 bridgehead atoms. The Morgan fingerprint density at radius 3 is 2.45 bits per heavy atom. The van der Waals surface area contributed by atoms with Gasteiger partial charge in [0.15, 0.2) is 17.5 Å². The molecule has 5 heterocycles. The molecule has 3 aromatic rings. The Bertz CT molecular complexity index is 1500. The van der Waals surface area contributed by atoms with Gasteiger partial charge >= 0.3 is 6.09 Å². The van der Waals surface area contributed by atoms with Crippen LogP contribution >= 0.6 is 0 Å². The third kappa shape index (κ3) is 5.97. The van der Waals surface area contributed by atoms with Gasteiger partial charge in [-0.1, -0.05) is 0 Å². The minimum atomic E-state index is -0.939. The summed E-state index contributed by atoms with van der Waals surface area (Å²) in [5, 5.41) is 3.03. The van der Waals surface area contributed by atoms with E-state index in [4.69, 9.17) is 15.2 Å². The molecule has 0 radical (unpaired) electrons. The summed E-state index contributed by atoms with van der Waals surface area (Å²) in [5.41, 5.74) is 4.30. The van der Waals surface area contributed by atoms with Crippen LogP contribution < -0.4 is 15.8 Å². The van der Waals surface area contributed by atoms with E-state index in [-0.39, 0.29) is 40.9 Å². The zero-order valence-electron chi connectivity index (χ0n) is 24.0. The van der Waals surface area contributed by atoms with E-state index in [2.05, 4.69) is 20.3 Å². The lowest BCUT2D eigenvalue weighted by atomic mass is 9.73. The van der Waals surface area contributed by atoms with E-state index < -0.39 is 34.8 Å². The zero-order valence-corrected chi connectivity index (χ0v) is 24.0. The van der Waals surface area contributed by atoms with Crippen molar-refractivity contribution >= 4 is 17.8 Å². The smallest absolute Gasteiger partial charge is 0.410 e. The number of pyridine rings is 3. The largest absolute Gasteiger partial charge is 0.478 e. The lowest BCUT2D eigenvalue weighted by Gasteiger charge is -2.52. The second kappa shape index (κ2) is 11.1. The Labute approximate surface area is 242 Å². The fraction of sp³-hybridized carbons (Fsp3) is 0.433. The van der Waals surface area contributed by atoms with Gasteiger partial charge in [0.1, 0.15) is 11.3 Å². The summed E-state index contributed by atoms with van der Waals surface area (Å²) in [6.07, 6.45) is 4.89. The number of carbonyl (C=O) groups is 2. The molecule has 42 heavy (non-hydrogen) atoms. The quantitative estimate of drug-likeness (QED) is 0.410. The number of nitrogens with two attached hydrogens (primary N) is 1. The molecule has 1 saturated carbocycles. The maximum absolute atomic E-state index is 16.1. The van der Waals surface area contributed by atoms with Crippen molar-refractivity contribution in [3.05, 3.63) is 53.9 Å². The molecule has 2 aliphatic heterocycles. The Balaban J connectivity index is 1.50. The highest BCUT2D eigenvalue weighted by Gasteiger charge is 2.48. The summed E-state index contributed by atoms with van der Waals surface area (Å²) >= 11 is 0. The fourth-order valence-corrected chi connectivity index (χ4v) is 5.46. The Hall–Kier alpha value is -4.35. The van der Waals surface area contributed by atoms with E-state index in [9.17, 15) is 14.0 Å². The van der Waals surface area contributed by atoms with Gasteiger partial charge < -0.3 is 25.4 Å². The predicted octanol–water partition coefficient (Wildman–Crippen LogP) is 5.13. The molecule has 0 unspecified atom stereocenters. The number of aromatic nitrogens is 3. The first-order valence-corrected chi connectivity index (χ1v) is 13.9. The van der Waals surface area contributed by atoms with Crippen molar-refractivity contribution in [2.75, 3.05) is 18.9 Å². The first-order valence-electron chi connectivity index (χ1n) is 13.9. The lowest BCUT2D eigenvalue weighted by molar-refractivity contribution is -0.0254. The molecular formula is C30H34F2N6O4. The number of fused-ring (bicyclic) bond motifs is 3. The van der Waals surface area contributed by atoms with Crippen molar-refractivity contribution in [2.45, 2.75) is 70.6 Å². The highest BCUT2D eigenvalue weighted by molar-refractivity contribution is 5.97. The number of anilines is 1. The van der Waals surface area contributed by atoms with Gasteiger partial charge in [0, 0.05) is 42.2 Å². The molecule has 10 nitrogen and oxygen atoms in total. The van der Waals surface area contributed by atoms with Crippen molar-refractivity contribution in [3.8, 4) is 28.4 Å². The SMILES string of the molecule is CCOc1ccc(-c2cc(C(=O)NC34CCC(CC3)N(C(=O)OC(C)(C)C)C4)c(F)c(-c3cnc(N)c(F)c3)n2)cn1. The van der Waals surface area contributed by atoms with Crippen LogP contribution in [0.25, 0.3) is 22.5 Å². The molecule has 3 N–H and O–H groups in total. The second-order valence-corrected chi connectivity index (χ2v) is 11.7. The number of amides is 2. The third-order valence-electron chi connectivity index (χ3n) is 7.50.